The summed E-state index contributed by atoms with van der Waals surface area (Å²) < 4.78 is 11.4. The maximum absolute atomic E-state index is 13.2. The number of hydrogen-bond acceptors (Lipinski definition) is 6. The van der Waals surface area contributed by atoms with Gasteiger partial charge in [0.1, 0.15) is 10.1 Å². The Kier molecular flexibility index (Phi) is 7.87. The molecule has 1 aliphatic heterocycles. The van der Waals surface area contributed by atoms with Crippen LogP contribution in [-0.2, 0) is 14.3 Å². The lowest BCUT2D eigenvalue weighted by Gasteiger charge is -2.25. The number of thiocarbonyl (C=S) groups is 1. The smallest absolute Gasteiger partial charge is 0.333 e. The Morgan fingerprint density at radius 1 is 1.13 bits per heavy atom. The standard InChI is InChI=1S/C24H25NO4S2/c1-4-14-28-23(27)21(18-8-6-5-7-9-18)25-22(26)20(31-24(25)30)15-17-10-12-19(13-11-17)29-16(2)3/h5-13,15-16,21H,4,14H2,1-3H3/b20-15-. The van der Waals surface area contributed by atoms with Crippen molar-refractivity contribution in [1.82, 2.24) is 4.90 Å². The van der Waals surface area contributed by atoms with E-state index in [4.69, 9.17) is 21.7 Å². The van der Waals surface area contributed by atoms with E-state index in [1.807, 2.05) is 63.2 Å². The monoisotopic (exact) mass is 455 g/mol. The van der Waals surface area contributed by atoms with Gasteiger partial charge in [-0.15, -0.1) is 0 Å². The molecule has 7 heteroatoms. The number of esters is 1. The molecule has 0 spiro atoms. The van der Waals surface area contributed by atoms with E-state index in [1.54, 1.807) is 18.2 Å². The third-order valence-corrected chi connectivity index (χ3v) is 5.75. The van der Waals surface area contributed by atoms with Crippen molar-refractivity contribution in [2.75, 3.05) is 6.61 Å². The van der Waals surface area contributed by atoms with Crippen LogP contribution in [0.2, 0.25) is 0 Å². The van der Waals surface area contributed by atoms with Gasteiger partial charge in [0.2, 0.25) is 0 Å². The molecule has 0 saturated carbocycles. The average molecular weight is 456 g/mol. The van der Waals surface area contributed by atoms with Gasteiger partial charge in [0.25, 0.3) is 5.91 Å². The molecular weight excluding hydrogens is 430 g/mol. The highest BCUT2D eigenvalue weighted by Gasteiger charge is 2.42. The van der Waals surface area contributed by atoms with E-state index in [0.29, 0.717) is 21.2 Å². The van der Waals surface area contributed by atoms with Crippen LogP contribution >= 0.6 is 24.0 Å². The molecule has 2 aromatic rings. The highest BCUT2D eigenvalue weighted by atomic mass is 32.2. The molecule has 1 atom stereocenters. The largest absolute Gasteiger partial charge is 0.491 e. The number of carbonyl (C=O) groups is 2. The van der Waals surface area contributed by atoms with Crippen molar-refractivity contribution in [3.63, 3.8) is 0 Å². The van der Waals surface area contributed by atoms with Crippen LogP contribution in [0.3, 0.4) is 0 Å². The van der Waals surface area contributed by atoms with E-state index in [2.05, 4.69) is 0 Å². The van der Waals surface area contributed by atoms with Gasteiger partial charge in [0.05, 0.1) is 17.6 Å². The van der Waals surface area contributed by atoms with Crippen LogP contribution in [-0.4, -0.2) is 33.8 Å². The van der Waals surface area contributed by atoms with Gasteiger partial charge >= 0.3 is 5.97 Å². The summed E-state index contributed by atoms with van der Waals surface area (Å²) >= 11 is 6.67. The SMILES string of the molecule is CCCOC(=O)C(c1ccccc1)N1C(=O)/C(=C/c2ccc(OC(C)C)cc2)SC1=S. The Morgan fingerprint density at radius 3 is 2.42 bits per heavy atom. The molecule has 0 radical (unpaired) electrons. The summed E-state index contributed by atoms with van der Waals surface area (Å²) in [5, 5.41) is 0. The van der Waals surface area contributed by atoms with E-state index in [1.165, 1.54) is 16.7 Å². The molecule has 0 aliphatic carbocycles. The fraction of sp³-hybridized carbons (Fsp3) is 0.292. The van der Waals surface area contributed by atoms with Crippen molar-refractivity contribution < 1.29 is 19.1 Å². The molecule has 1 fully saturated rings. The first-order valence-corrected chi connectivity index (χ1v) is 11.4. The molecule has 1 aliphatic rings. The van der Waals surface area contributed by atoms with Crippen molar-refractivity contribution in [2.24, 2.45) is 0 Å². The Balaban J connectivity index is 1.87. The zero-order valence-electron chi connectivity index (χ0n) is 17.7. The van der Waals surface area contributed by atoms with E-state index in [-0.39, 0.29) is 18.6 Å². The van der Waals surface area contributed by atoms with Crippen molar-refractivity contribution in [3.05, 3.63) is 70.6 Å². The van der Waals surface area contributed by atoms with E-state index >= 15 is 0 Å². The van der Waals surface area contributed by atoms with Crippen LogP contribution in [0.25, 0.3) is 6.08 Å². The highest BCUT2D eigenvalue weighted by Crippen LogP contribution is 2.38. The van der Waals surface area contributed by atoms with Gasteiger partial charge in [0.15, 0.2) is 6.04 Å². The molecule has 0 N–H and O–H groups in total. The molecular formula is C24H25NO4S2. The van der Waals surface area contributed by atoms with E-state index in [0.717, 1.165) is 11.3 Å². The fourth-order valence-electron chi connectivity index (χ4n) is 3.08. The van der Waals surface area contributed by atoms with Gasteiger partial charge in [-0.3, -0.25) is 9.69 Å². The molecule has 2 aromatic carbocycles. The van der Waals surface area contributed by atoms with Crippen LogP contribution in [0.4, 0.5) is 0 Å². The number of amides is 1. The van der Waals surface area contributed by atoms with E-state index in [9.17, 15) is 9.59 Å². The molecule has 3 rings (SSSR count). The van der Waals surface area contributed by atoms with Crippen molar-refractivity contribution >= 4 is 46.3 Å². The van der Waals surface area contributed by atoms with Gasteiger partial charge in [-0.25, -0.2) is 4.79 Å². The summed E-state index contributed by atoms with van der Waals surface area (Å²) in [6, 6.07) is 15.7. The Hall–Kier alpha value is -2.64. The average Bonchev–Trinajstić information content (AvgIpc) is 3.02. The van der Waals surface area contributed by atoms with Crippen LogP contribution in [0.1, 0.15) is 44.4 Å². The lowest BCUT2D eigenvalue weighted by atomic mass is 10.1. The molecule has 0 aromatic heterocycles. The number of nitrogens with zero attached hydrogens (tertiary/aromatic N) is 1. The van der Waals surface area contributed by atoms with Crippen molar-refractivity contribution in [3.8, 4) is 5.75 Å². The van der Waals surface area contributed by atoms with Crippen LogP contribution in [0, 0.1) is 0 Å². The molecule has 1 amide bonds. The minimum Gasteiger partial charge on any atom is -0.491 e. The number of hydrogen-bond donors (Lipinski definition) is 0. The minimum absolute atomic E-state index is 0.0875. The highest BCUT2D eigenvalue weighted by molar-refractivity contribution is 8.26. The van der Waals surface area contributed by atoms with Gasteiger partial charge in [-0.1, -0.05) is 73.4 Å². The number of thioether (sulfide) groups is 1. The number of rotatable bonds is 8. The van der Waals surface area contributed by atoms with Gasteiger partial charge in [0, 0.05) is 0 Å². The summed E-state index contributed by atoms with van der Waals surface area (Å²) in [6.45, 7) is 6.14. The molecule has 31 heavy (non-hydrogen) atoms. The normalized spacial score (nSPS) is 16.1. The Labute approximate surface area is 192 Å². The first kappa shape index (κ1) is 23.0. The molecule has 0 bridgehead atoms. The zero-order valence-corrected chi connectivity index (χ0v) is 19.4. The quantitative estimate of drug-likeness (QED) is 0.303. The summed E-state index contributed by atoms with van der Waals surface area (Å²) in [4.78, 5) is 27.9. The lowest BCUT2D eigenvalue weighted by molar-refractivity contribution is -0.151. The van der Waals surface area contributed by atoms with Gasteiger partial charge < -0.3 is 9.47 Å². The van der Waals surface area contributed by atoms with Crippen molar-refractivity contribution in [2.45, 2.75) is 39.3 Å². The topological polar surface area (TPSA) is 55.8 Å². The second-order valence-electron chi connectivity index (χ2n) is 7.27. The summed E-state index contributed by atoms with van der Waals surface area (Å²) in [7, 11) is 0. The molecule has 1 heterocycles. The first-order valence-electron chi connectivity index (χ1n) is 10.2. The summed E-state index contributed by atoms with van der Waals surface area (Å²) in [6.07, 6.45) is 2.56. The van der Waals surface area contributed by atoms with Crippen LogP contribution in [0.15, 0.2) is 59.5 Å². The maximum Gasteiger partial charge on any atom is 0.333 e. The third-order valence-electron chi connectivity index (χ3n) is 4.42. The molecule has 1 saturated heterocycles. The van der Waals surface area contributed by atoms with Gasteiger partial charge in [-0.2, -0.15) is 0 Å². The second kappa shape index (κ2) is 10.6. The summed E-state index contributed by atoms with van der Waals surface area (Å²) in [5.41, 5.74) is 1.51. The van der Waals surface area contributed by atoms with Crippen LogP contribution in [0.5, 0.6) is 5.75 Å². The van der Waals surface area contributed by atoms with E-state index < -0.39 is 12.0 Å². The maximum atomic E-state index is 13.2. The number of benzene rings is 2. The number of carbonyl (C=O) groups excluding carboxylic acids is 2. The fourth-order valence-corrected chi connectivity index (χ4v) is 4.39. The minimum atomic E-state index is -0.909. The molecule has 162 valence electrons. The first-order chi connectivity index (χ1) is 14.9. The number of ether oxygens (including phenoxy) is 2. The van der Waals surface area contributed by atoms with Crippen molar-refractivity contribution in [1.29, 1.82) is 0 Å². The summed E-state index contributed by atoms with van der Waals surface area (Å²) in [5.74, 6) is -0.0249. The Bertz CT molecular complexity index is 971. The predicted molar refractivity (Wildman–Crippen MR) is 128 cm³/mol. The van der Waals surface area contributed by atoms with Gasteiger partial charge in [-0.05, 0) is 49.6 Å². The zero-order chi connectivity index (χ0) is 22.4. The van der Waals surface area contributed by atoms with Crippen LogP contribution < -0.4 is 4.74 Å². The predicted octanol–water partition coefficient (Wildman–Crippen LogP) is 5.37. The second-order valence-corrected chi connectivity index (χ2v) is 8.94. The molecule has 5 nitrogen and oxygen atoms in total. The Morgan fingerprint density at radius 2 is 1.81 bits per heavy atom. The molecule has 1 unspecified atom stereocenters. The third kappa shape index (κ3) is 5.74. The lowest BCUT2D eigenvalue weighted by Crippen LogP contribution is -2.38.